The molecule has 3 fully saturated rings. The molecule has 7 nitrogen and oxygen atoms in total. The molecule has 204 valence electrons. The first-order chi connectivity index (χ1) is 18.8. The van der Waals surface area contributed by atoms with E-state index in [9.17, 15) is 13.6 Å². The lowest BCUT2D eigenvalue weighted by molar-refractivity contribution is -0.116. The summed E-state index contributed by atoms with van der Waals surface area (Å²) >= 11 is 1.99. The van der Waals surface area contributed by atoms with E-state index in [1.165, 1.54) is 24.2 Å². The number of nitrogens with one attached hydrogen (secondary N) is 2. The van der Waals surface area contributed by atoms with E-state index in [-0.39, 0.29) is 18.4 Å². The van der Waals surface area contributed by atoms with Crippen molar-refractivity contribution in [2.75, 3.05) is 11.5 Å². The highest BCUT2D eigenvalue weighted by Gasteiger charge is 2.60. The molecule has 1 atom stereocenters. The molecule has 2 N–H and O–H groups in total. The molecule has 0 amide bonds. The van der Waals surface area contributed by atoms with Gasteiger partial charge in [0.25, 0.3) is 11.5 Å². The van der Waals surface area contributed by atoms with E-state index >= 15 is 0 Å². The van der Waals surface area contributed by atoms with Gasteiger partial charge in [-0.2, -0.15) is 11.8 Å². The van der Waals surface area contributed by atoms with Crippen LogP contribution < -0.4 is 10.9 Å². The van der Waals surface area contributed by atoms with Crippen molar-refractivity contribution in [1.82, 2.24) is 29.6 Å². The third kappa shape index (κ3) is 4.41. The van der Waals surface area contributed by atoms with Crippen molar-refractivity contribution in [3.63, 3.8) is 0 Å². The Morgan fingerprint density at radius 3 is 2.74 bits per heavy atom. The summed E-state index contributed by atoms with van der Waals surface area (Å²) in [5, 5.41) is 12.8. The molecule has 2 aliphatic carbocycles. The van der Waals surface area contributed by atoms with Crippen LogP contribution in [0.15, 0.2) is 47.7 Å². The van der Waals surface area contributed by atoms with Gasteiger partial charge in [-0.25, -0.2) is 8.78 Å². The van der Waals surface area contributed by atoms with E-state index in [1.54, 1.807) is 22.5 Å². The summed E-state index contributed by atoms with van der Waals surface area (Å²) in [5.41, 5.74) is 3.12. The van der Waals surface area contributed by atoms with Crippen molar-refractivity contribution in [3.8, 4) is 5.69 Å². The number of hydrogen-bond donors (Lipinski definition) is 2. The van der Waals surface area contributed by atoms with Crippen LogP contribution in [-0.4, -0.2) is 47.8 Å². The van der Waals surface area contributed by atoms with Gasteiger partial charge < -0.3 is 14.9 Å². The fraction of sp³-hybridized carbons (Fsp3) is 0.483. The largest absolute Gasteiger partial charge is 0.353 e. The Morgan fingerprint density at radius 2 is 2.05 bits per heavy atom. The molecule has 0 radical (unpaired) electrons. The minimum absolute atomic E-state index is 0.127. The lowest BCUT2D eigenvalue weighted by Crippen LogP contribution is -2.51. The third-order valence-electron chi connectivity index (χ3n) is 8.58. The lowest BCUT2D eigenvalue weighted by Gasteiger charge is -2.46. The number of rotatable bonds is 7. The number of aromatic amines is 1. The molecular weight excluding hydrogens is 518 g/mol. The van der Waals surface area contributed by atoms with E-state index < -0.39 is 11.3 Å². The van der Waals surface area contributed by atoms with Crippen LogP contribution in [0.4, 0.5) is 8.78 Å². The standard InChI is InChI=1S/C29H32F2N6OS/c1-36-17-33-35-27(36)28(15-29(30,31)16-28)19-4-2-6-22(10-19)37-13-24(18-7-8-18)23-11-21(34-25(23)26(37)38)12-32-20-5-3-9-39-14-20/h2,4,6,10-11,13,17-18,20,32,34H,3,5,7-9,12,14-16H2,1H3. The summed E-state index contributed by atoms with van der Waals surface area (Å²) in [4.78, 5) is 17.3. The van der Waals surface area contributed by atoms with E-state index in [0.29, 0.717) is 35.5 Å². The SMILES string of the molecule is Cn1cnnc1C1(c2cccc(-n3cc(C4CC4)c4cc(CNC5CCCSC5)[nH]c4c3=O)c2)CC(F)(F)C1. The molecule has 39 heavy (non-hydrogen) atoms. The number of halogens is 2. The van der Waals surface area contributed by atoms with Gasteiger partial charge in [0.15, 0.2) is 0 Å². The first-order valence-corrected chi connectivity index (χ1v) is 14.9. The highest BCUT2D eigenvalue weighted by molar-refractivity contribution is 7.99. The van der Waals surface area contributed by atoms with E-state index in [1.807, 2.05) is 42.2 Å². The second-order valence-electron chi connectivity index (χ2n) is 11.5. The van der Waals surface area contributed by atoms with Crippen LogP contribution in [-0.2, 0) is 19.0 Å². The minimum atomic E-state index is -2.76. The number of alkyl halides is 2. The van der Waals surface area contributed by atoms with Gasteiger partial charge in [0.1, 0.15) is 17.7 Å². The minimum Gasteiger partial charge on any atom is -0.353 e. The number of fused-ring (bicyclic) bond motifs is 1. The average Bonchev–Trinajstić information content (AvgIpc) is 3.52. The molecule has 3 aliphatic rings. The second-order valence-corrected chi connectivity index (χ2v) is 12.7. The van der Waals surface area contributed by atoms with Gasteiger partial charge in [0.05, 0.1) is 5.41 Å². The number of nitrogens with zero attached hydrogens (tertiary/aromatic N) is 4. The second kappa shape index (κ2) is 9.30. The molecule has 1 aliphatic heterocycles. The maximum absolute atomic E-state index is 14.3. The molecule has 4 heterocycles. The first kappa shape index (κ1) is 25.0. The quantitative estimate of drug-likeness (QED) is 0.338. The fourth-order valence-corrected chi connectivity index (χ4v) is 7.56. The van der Waals surface area contributed by atoms with Crippen molar-refractivity contribution < 1.29 is 8.78 Å². The van der Waals surface area contributed by atoms with Gasteiger partial charge in [-0.3, -0.25) is 9.36 Å². The molecule has 2 saturated carbocycles. The van der Waals surface area contributed by atoms with Gasteiger partial charge in [0, 0.05) is 61.2 Å². The summed E-state index contributed by atoms with van der Waals surface area (Å²) in [7, 11) is 1.78. The molecule has 4 aromatic rings. The van der Waals surface area contributed by atoms with Crippen LogP contribution >= 0.6 is 11.8 Å². The monoisotopic (exact) mass is 550 g/mol. The van der Waals surface area contributed by atoms with Gasteiger partial charge in [-0.15, -0.1) is 10.2 Å². The van der Waals surface area contributed by atoms with Gasteiger partial charge in [0.2, 0.25) is 0 Å². The van der Waals surface area contributed by atoms with Crippen LogP contribution in [0.3, 0.4) is 0 Å². The fourth-order valence-electron chi connectivity index (χ4n) is 6.45. The molecule has 3 aromatic heterocycles. The molecule has 0 bridgehead atoms. The van der Waals surface area contributed by atoms with Crippen LogP contribution in [0.25, 0.3) is 16.6 Å². The Morgan fingerprint density at radius 1 is 1.21 bits per heavy atom. The summed E-state index contributed by atoms with van der Waals surface area (Å²) in [6, 6.07) is 10.1. The molecule has 0 spiro atoms. The van der Waals surface area contributed by atoms with Crippen LogP contribution in [0.5, 0.6) is 0 Å². The smallest absolute Gasteiger partial charge is 0.279 e. The molecule has 1 aromatic carbocycles. The van der Waals surface area contributed by atoms with Crippen LogP contribution in [0.1, 0.15) is 67.1 Å². The molecule has 7 rings (SSSR count). The number of pyridine rings is 1. The average molecular weight is 551 g/mol. The molecule has 1 unspecified atom stereocenters. The van der Waals surface area contributed by atoms with Gasteiger partial charge in [-0.1, -0.05) is 12.1 Å². The molecular formula is C29H32F2N6OS. The molecule has 10 heteroatoms. The Balaban J connectivity index is 1.28. The number of H-pyrrole nitrogens is 1. The number of aromatic nitrogens is 5. The number of benzene rings is 1. The Hall–Kier alpha value is -2.98. The summed E-state index contributed by atoms with van der Waals surface area (Å²) in [5.74, 6) is 0.549. The maximum Gasteiger partial charge on any atom is 0.279 e. The normalized spacial score (nSPS) is 22.2. The Bertz CT molecular complexity index is 1590. The Kier molecular flexibility index (Phi) is 5.97. The topological polar surface area (TPSA) is 80.5 Å². The van der Waals surface area contributed by atoms with Crippen molar-refractivity contribution in [2.24, 2.45) is 7.05 Å². The third-order valence-corrected chi connectivity index (χ3v) is 9.80. The van der Waals surface area contributed by atoms with Crippen molar-refractivity contribution in [2.45, 2.75) is 68.4 Å². The zero-order chi connectivity index (χ0) is 26.8. The van der Waals surface area contributed by atoms with E-state index in [0.717, 1.165) is 35.2 Å². The maximum atomic E-state index is 14.3. The van der Waals surface area contributed by atoms with Gasteiger partial charge in [-0.05, 0) is 66.7 Å². The molecule has 1 saturated heterocycles. The van der Waals surface area contributed by atoms with Crippen LogP contribution in [0, 0.1) is 0 Å². The highest BCUT2D eigenvalue weighted by Crippen LogP contribution is 2.56. The predicted molar refractivity (Wildman–Crippen MR) is 149 cm³/mol. The Labute approximate surface area is 229 Å². The summed E-state index contributed by atoms with van der Waals surface area (Å²) in [6.45, 7) is 0.702. The van der Waals surface area contributed by atoms with Crippen molar-refractivity contribution in [3.05, 3.63) is 75.9 Å². The van der Waals surface area contributed by atoms with Crippen molar-refractivity contribution >= 4 is 22.7 Å². The van der Waals surface area contributed by atoms with Crippen LogP contribution in [0.2, 0.25) is 0 Å². The van der Waals surface area contributed by atoms with E-state index in [4.69, 9.17) is 0 Å². The zero-order valence-electron chi connectivity index (χ0n) is 21.9. The van der Waals surface area contributed by atoms with E-state index in [2.05, 4.69) is 26.6 Å². The zero-order valence-corrected chi connectivity index (χ0v) is 22.7. The number of hydrogen-bond acceptors (Lipinski definition) is 5. The highest BCUT2D eigenvalue weighted by atomic mass is 32.2. The lowest BCUT2D eigenvalue weighted by atomic mass is 9.61. The summed E-state index contributed by atoms with van der Waals surface area (Å²) in [6.07, 6.45) is 7.49. The van der Waals surface area contributed by atoms with Crippen molar-refractivity contribution in [1.29, 1.82) is 0 Å². The number of thioether (sulfide) groups is 1. The van der Waals surface area contributed by atoms with Gasteiger partial charge >= 0.3 is 0 Å². The summed E-state index contributed by atoms with van der Waals surface area (Å²) < 4.78 is 32.0. The predicted octanol–water partition coefficient (Wildman–Crippen LogP) is 5.03. The number of aryl methyl sites for hydroxylation is 1. The first-order valence-electron chi connectivity index (χ1n) is 13.7.